The van der Waals surface area contributed by atoms with Gasteiger partial charge in [0, 0.05) is 19.2 Å². The van der Waals surface area contributed by atoms with Crippen LogP contribution >= 0.6 is 0 Å². The first-order chi connectivity index (χ1) is 8.65. The SMILES string of the molecule is CCC(CC)CN(CC)c1cc(OC)ccc1N. The lowest BCUT2D eigenvalue weighted by atomic mass is 10.0. The van der Waals surface area contributed by atoms with E-state index < -0.39 is 0 Å². The molecule has 0 amide bonds. The molecule has 3 nitrogen and oxygen atoms in total. The Kier molecular flexibility index (Phi) is 5.83. The number of ether oxygens (including phenoxy) is 1. The molecule has 0 aromatic heterocycles. The monoisotopic (exact) mass is 250 g/mol. The molecule has 1 aromatic carbocycles. The Morgan fingerprint density at radius 1 is 1.22 bits per heavy atom. The van der Waals surface area contributed by atoms with E-state index in [2.05, 4.69) is 25.7 Å². The van der Waals surface area contributed by atoms with Crippen LogP contribution in [0.25, 0.3) is 0 Å². The van der Waals surface area contributed by atoms with Crippen molar-refractivity contribution in [3.63, 3.8) is 0 Å². The van der Waals surface area contributed by atoms with Crippen molar-refractivity contribution in [2.45, 2.75) is 33.6 Å². The number of anilines is 2. The topological polar surface area (TPSA) is 38.5 Å². The molecule has 0 aliphatic carbocycles. The van der Waals surface area contributed by atoms with Crippen LogP contribution in [0.2, 0.25) is 0 Å². The van der Waals surface area contributed by atoms with Gasteiger partial charge < -0.3 is 15.4 Å². The predicted octanol–water partition coefficient (Wildman–Crippen LogP) is 3.54. The van der Waals surface area contributed by atoms with Gasteiger partial charge in [0.05, 0.1) is 18.5 Å². The van der Waals surface area contributed by atoms with Crippen molar-refractivity contribution in [3.05, 3.63) is 18.2 Å². The largest absolute Gasteiger partial charge is 0.497 e. The molecule has 0 saturated carbocycles. The summed E-state index contributed by atoms with van der Waals surface area (Å²) in [5.41, 5.74) is 7.99. The molecule has 1 rings (SSSR count). The lowest BCUT2D eigenvalue weighted by Crippen LogP contribution is -2.29. The third kappa shape index (κ3) is 3.56. The van der Waals surface area contributed by atoms with E-state index in [0.29, 0.717) is 0 Å². The number of rotatable bonds is 7. The van der Waals surface area contributed by atoms with E-state index in [4.69, 9.17) is 10.5 Å². The molecule has 102 valence electrons. The minimum atomic E-state index is 0.718. The number of nitrogens with zero attached hydrogens (tertiary/aromatic N) is 1. The fourth-order valence-electron chi connectivity index (χ4n) is 2.18. The Balaban J connectivity index is 2.93. The Hall–Kier alpha value is -1.38. The summed E-state index contributed by atoms with van der Waals surface area (Å²) in [6.07, 6.45) is 2.41. The second kappa shape index (κ2) is 7.14. The third-order valence-corrected chi connectivity index (χ3v) is 3.59. The summed E-state index contributed by atoms with van der Waals surface area (Å²) in [7, 11) is 1.69. The van der Waals surface area contributed by atoms with Crippen molar-refractivity contribution >= 4 is 11.4 Å². The molecule has 1 aromatic rings. The van der Waals surface area contributed by atoms with Gasteiger partial charge in [-0.2, -0.15) is 0 Å². The van der Waals surface area contributed by atoms with Crippen LogP contribution in [0.5, 0.6) is 5.75 Å². The molecule has 18 heavy (non-hydrogen) atoms. The molecule has 0 fully saturated rings. The fourth-order valence-corrected chi connectivity index (χ4v) is 2.18. The van der Waals surface area contributed by atoms with E-state index >= 15 is 0 Å². The normalized spacial score (nSPS) is 10.7. The van der Waals surface area contributed by atoms with Crippen molar-refractivity contribution in [3.8, 4) is 5.75 Å². The maximum atomic E-state index is 6.08. The van der Waals surface area contributed by atoms with E-state index in [9.17, 15) is 0 Å². The molecule has 0 spiro atoms. The lowest BCUT2D eigenvalue weighted by Gasteiger charge is -2.28. The van der Waals surface area contributed by atoms with Gasteiger partial charge in [0.2, 0.25) is 0 Å². The van der Waals surface area contributed by atoms with Gasteiger partial charge in [-0.1, -0.05) is 26.7 Å². The van der Waals surface area contributed by atoms with Gasteiger partial charge in [-0.15, -0.1) is 0 Å². The van der Waals surface area contributed by atoms with Crippen LogP contribution in [0.4, 0.5) is 11.4 Å². The number of hydrogen-bond acceptors (Lipinski definition) is 3. The predicted molar refractivity (Wildman–Crippen MR) is 79.4 cm³/mol. The molecular weight excluding hydrogens is 224 g/mol. The van der Waals surface area contributed by atoms with Crippen LogP contribution in [0.1, 0.15) is 33.6 Å². The van der Waals surface area contributed by atoms with Crippen LogP contribution in [0.3, 0.4) is 0 Å². The molecule has 0 radical (unpaired) electrons. The molecule has 0 bridgehead atoms. The van der Waals surface area contributed by atoms with Gasteiger partial charge in [0.15, 0.2) is 0 Å². The first-order valence-electron chi connectivity index (χ1n) is 6.84. The van der Waals surface area contributed by atoms with E-state index in [-0.39, 0.29) is 0 Å². The maximum Gasteiger partial charge on any atom is 0.121 e. The van der Waals surface area contributed by atoms with Crippen molar-refractivity contribution < 1.29 is 4.74 Å². The van der Waals surface area contributed by atoms with Gasteiger partial charge >= 0.3 is 0 Å². The van der Waals surface area contributed by atoms with Gasteiger partial charge in [-0.05, 0) is 25.0 Å². The van der Waals surface area contributed by atoms with Crippen LogP contribution in [0.15, 0.2) is 18.2 Å². The summed E-state index contributed by atoms with van der Waals surface area (Å²) in [5.74, 6) is 1.58. The minimum absolute atomic E-state index is 0.718. The molecule has 0 heterocycles. The van der Waals surface area contributed by atoms with Gasteiger partial charge in [-0.3, -0.25) is 0 Å². The summed E-state index contributed by atoms with van der Waals surface area (Å²) in [5, 5.41) is 0. The highest BCUT2D eigenvalue weighted by Gasteiger charge is 2.13. The molecule has 3 heteroatoms. The zero-order valence-corrected chi connectivity index (χ0v) is 12.1. The summed E-state index contributed by atoms with van der Waals surface area (Å²) >= 11 is 0. The maximum absolute atomic E-state index is 6.08. The molecule has 2 N–H and O–H groups in total. The van der Waals surface area contributed by atoms with Crippen molar-refractivity contribution in [2.75, 3.05) is 30.8 Å². The summed E-state index contributed by atoms with van der Waals surface area (Å²) < 4.78 is 5.28. The van der Waals surface area contributed by atoms with Gasteiger partial charge in [-0.25, -0.2) is 0 Å². The van der Waals surface area contributed by atoms with Crippen molar-refractivity contribution in [2.24, 2.45) is 5.92 Å². The second-order valence-corrected chi connectivity index (χ2v) is 4.65. The first kappa shape index (κ1) is 14.7. The summed E-state index contributed by atoms with van der Waals surface area (Å²) in [6, 6.07) is 5.86. The average molecular weight is 250 g/mol. The van der Waals surface area contributed by atoms with Crippen LogP contribution < -0.4 is 15.4 Å². The third-order valence-electron chi connectivity index (χ3n) is 3.59. The minimum Gasteiger partial charge on any atom is -0.497 e. The highest BCUT2D eigenvalue weighted by atomic mass is 16.5. The number of methoxy groups -OCH3 is 1. The van der Waals surface area contributed by atoms with Crippen LogP contribution in [-0.4, -0.2) is 20.2 Å². The number of benzene rings is 1. The molecule has 0 unspecified atom stereocenters. The van der Waals surface area contributed by atoms with Crippen LogP contribution in [0, 0.1) is 5.92 Å². The quantitative estimate of drug-likeness (QED) is 0.752. The van der Waals surface area contributed by atoms with Gasteiger partial charge in [0.25, 0.3) is 0 Å². The molecule has 0 aliphatic heterocycles. The van der Waals surface area contributed by atoms with E-state index in [1.807, 2.05) is 18.2 Å². The van der Waals surface area contributed by atoms with E-state index in [1.54, 1.807) is 7.11 Å². The smallest absolute Gasteiger partial charge is 0.121 e. The highest BCUT2D eigenvalue weighted by Crippen LogP contribution is 2.29. The standard InChI is InChI=1S/C15H26N2O/c1-5-12(6-2)11-17(7-3)15-10-13(18-4)8-9-14(15)16/h8-10,12H,5-7,11,16H2,1-4H3. The van der Waals surface area contributed by atoms with Crippen LogP contribution in [-0.2, 0) is 0 Å². The Morgan fingerprint density at radius 3 is 2.39 bits per heavy atom. The average Bonchev–Trinajstić information content (AvgIpc) is 2.41. The lowest BCUT2D eigenvalue weighted by molar-refractivity contribution is 0.414. The number of nitrogen functional groups attached to an aromatic ring is 1. The molecule has 0 atom stereocenters. The molecule has 0 saturated heterocycles. The molecular formula is C15H26N2O. The Morgan fingerprint density at radius 2 is 1.89 bits per heavy atom. The van der Waals surface area contributed by atoms with Crippen molar-refractivity contribution in [1.29, 1.82) is 0 Å². The molecule has 0 aliphatic rings. The first-order valence-corrected chi connectivity index (χ1v) is 6.84. The van der Waals surface area contributed by atoms with E-state index in [0.717, 1.165) is 36.1 Å². The Bertz CT molecular complexity index is 362. The zero-order valence-electron chi connectivity index (χ0n) is 12.1. The second-order valence-electron chi connectivity index (χ2n) is 4.65. The Labute approximate surface area is 111 Å². The summed E-state index contributed by atoms with van der Waals surface area (Å²) in [4.78, 5) is 2.34. The fraction of sp³-hybridized carbons (Fsp3) is 0.600. The van der Waals surface area contributed by atoms with E-state index in [1.165, 1.54) is 12.8 Å². The summed E-state index contributed by atoms with van der Waals surface area (Å²) in [6.45, 7) is 8.68. The number of hydrogen-bond donors (Lipinski definition) is 1. The number of nitrogens with two attached hydrogens (primary N) is 1. The van der Waals surface area contributed by atoms with Gasteiger partial charge in [0.1, 0.15) is 5.75 Å². The highest BCUT2D eigenvalue weighted by molar-refractivity contribution is 5.69. The zero-order chi connectivity index (χ0) is 13.5. The van der Waals surface area contributed by atoms with Crippen molar-refractivity contribution in [1.82, 2.24) is 0 Å².